The largest absolute Gasteiger partial charge is 0.296 e. The number of hydrogen-bond donors (Lipinski definition) is 0. The first kappa shape index (κ1) is 11.2. The zero-order valence-electron chi connectivity index (χ0n) is 6.81. The molecule has 2 nitrogen and oxygen atoms in total. The molecular weight excluding hydrogens is 263 g/mol. The Morgan fingerprint density at radius 3 is 2.64 bits per heavy atom. The second kappa shape index (κ2) is 4.54. The number of halogens is 4. The maximum atomic E-state index is 13.2. The van der Waals surface area contributed by atoms with Gasteiger partial charge in [-0.05, 0) is 0 Å². The molecule has 14 heavy (non-hydrogen) atoms. The summed E-state index contributed by atoms with van der Waals surface area (Å²) in [5, 5.41) is -0.0815. The van der Waals surface area contributed by atoms with Gasteiger partial charge >= 0.3 is 0 Å². The highest BCUT2D eigenvalue weighted by molar-refractivity contribution is 9.08. The van der Waals surface area contributed by atoms with Gasteiger partial charge in [-0.15, -0.1) is 0 Å². The molecule has 76 valence electrons. The van der Waals surface area contributed by atoms with Crippen molar-refractivity contribution in [3.8, 4) is 0 Å². The summed E-state index contributed by atoms with van der Waals surface area (Å²) in [7, 11) is 0. The van der Waals surface area contributed by atoms with Gasteiger partial charge in [-0.3, -0.25) is 4.79 Å². The highest BCUT2D eigenvalue weighted by atomic mass is 79.9. The van der Waals surface area contributed by atoms with Crippen molar-refractivity contribution in [1.82, 2.24) is 4.98 Å². The molecule has 0 spiro atoms. The molecule has 1 heterocycles. The molecule has 0 aliphatic heterocycles. The molecular formula is C8H5BrF3NO. The van der Waals surface area contributed by atoms with Crippen molar-refractivity contribution in [2.75, 3.05) is 0 Å². The average Bonchev–Trinajstić information content (AvgIpc) is 2.17. The van der Waals surface area contributed by atoms with E-state index in [2.05, 4.69) is 20.9 Å². The second-order valence-corrected chi connectivity index (χ2v) is 3.00. The smallest absolute Gasteiger partial charge is 0.265 e. The molecule has 0 saturated heterocycles. The molecule has 1 aromatic rings. The summed E-state index contributed by atoms with van der Waals surface area (Å²) in [4.78, 5) is 13.6. The molecule has 0 amide bonds. The molecule has 1 rings (SSSR count). The van der Waals surface area contributed by atoms with Crippen molar-refractivity contribution in [2.45, 2.75) is 11.8 Å². The van der Waals surface area contributed by atoms with E-state index in [0.717, 1.165) is 6.20 Å². The maximum Gasteiger partial charge on any atom is 0.265 e. The number of carbonyl (C=O) groups is 1. The standard InChI is InChI=1S/C8H5BrF3NO/c9-1-4-5(8(11)12)2-13-6(3-14)7(4)10/h2-3,8H,1H2. The number of pyridine rings is 1. The third-order valence-electron chi connectivity index (χ3n) is 1.66. The monoisotopic (exact) mass is 267 g/mol. The van der Waals surface area contributed by atoms with Crippen LogP contribution in [0.5, 0.6) is 0 Å². The van der Waals surface area contributed by atoms with Crippen LogP contribution in [-0.4, -0.2) is 11.3 Å². The molecule has 0 radical (unpaired) electrons. The molecule has 0 atom stereocenters. The molecule has 1 aromatic heterocycles. The summed E-state index contributed by atoms with van der Waals surface area (Å²) in [5.41, 5.74) is -1.18. The summed E-state index contributed by atoms with van der Waals surface area (Å²) in [6, 6.07) is 0. The fourth-order valence-corrected chi connectivity index (χ4v) is 1.53. The van der Waals surface area contributed by atoms with E-state index < -0.39 is 23.5 Å². The summed E-state index contributed by atoms with van der Waals surface area (Å²) in [6.45, 7) is 0. The SMILES string of the molecule is O=Cc1ncc(C(F)F)c(CBr)c1F. The average molecular weight is 268 g/mol. The summed E-state index contributed by atoms with van der Waals surface area (Å²) < 4.78 is 37.9. The Bertz CT molecular complexity index is 357. The topological polar surface area (TPSA) is 30.0 Å². The van der Waals surface area contributed by atoms with Crippen LogP contribution < -0.4 is 0 Å². The van der Waals surface area contributed by atoms with Crippen LogP contribution in [0.4, 0.5) is 13.2 Å². The maximum absolute atomic E-state index is 13.2. The fourth-order valence-electron chi connectivity index (χ4n) is 0.961. The number of carbonyl (C=O) groups excluding carboxylic acids is 1. The zero-order chi connectivity index (χ0) is 10.7. The fraction of sp³-hybridized carbons (Fsp3) is 0.250. The Morgan fingerprint density at radius 2 is 2.21 bits per heavy atom. The van der Waals surface area contributed by atoms with Gasteiger partial charge in [-0.1, -0.05) is 15.9 Å². The lowest BCUT2D eigenvalue weighted by Gasteiger charge is -2.07. The third kappa shape index (κ3) is 1.95. The van der Waals surface area contributed by atoms with E-state index in [9.17, 15) is 18.0 Å². The van der Waals surface area contributed by atoms with Gasteiger partial charge in [-0.2, -0.15) is 0 Å². The molecule has 6 heteroatoms. The molecule has 0 saturated carbocycles. The van der Waals surface area contributed by atoms with Gasteiger partial charge in [0.2, 0.25) is 0 Å². The minimum Gasteiger partial charge on any atom is -0.296 e. The van der Waals surface area contributed by atoms with Crippen molar-refractivity contribution in [2.24, 2.45) is 0 Å². The molecule has 0 aliphatic carbocycles. The van der Waals surface area contributed by atoms with E-state index in [0.29, 0.717) is 0 Å². The lowest BCUT2D eigenvalue weighted by Crippen LogP contribution is -2.03. The third-order valence-corrected chi connectivity index (χ3v) is 2.22. The van der Waals surface area contributed by atoms with Gasteiger partial charge in [0.25, 0.3) is 6.43 Å². The molecule has 0 N–H and O–H groups in total. The van der Waals surface area contributed by atoms with Crippen molar-refractivity contribution >= 4 is 22.2 Å². The van der Waals surface area contributed by atoms with Crippen LogP contribution in [0.3, 0.4) is 0 Å². The van der Waals surface area contributed by atoms with Crippen molar-refractivity contribution < 1.29 is 18.0 Å². The van der Waals surface area contributed by atoms with Crippen LogP contribution >= 0.6 is 15.9 Å². The minimum absolute atomic E-state index is 0.0815. The van der Waals surface area contributed by atoms with Gasteiger partial charge in [0.15, 0.2) is 12.1 Å². The van der Waals surface area contributed by atoms with Gasteiger partial charge in [0.1, 0.15) is 5.69 Å². The predicted octanol–water partition coefficient (Wildman–Crippen LogP) is 2.87. The van der Waals surface area contributed by atoms with E-state index in [-0.39, 0.29) is 17.2 Å². The Labute approximate surface area is 86.3 Å². The summed E-state index contributed by atoms with van der Waals surface area (Å²) >= 11 is 2.87. The second-order valence-electron chi connectivity index (χ2n) is 2.44. The molecule has 0 unspecified atom stereocenters. The van der Waals surface area contributed by atoms with Crippen LogP contribution in [0.25, 0.3) is 0 Å². The highest BCUT2D eigenvalue weighted by Crippen LogP contribution is 2.26. The Morgan fingerprint density at radius 1 is 1.57 bits per heavy atom. The van der Waals surface area contributed by atoms with Gasteiger partial charge < -0.3 is 0 Å². The number of alkyl halides is 3. The van der Waals surface area contributed by atoms with Crippen LogP contribution in [0, 0.1) is 5.82 Å². The molecule has 0 fully saturated rings. The van der Waals surface area contributed by atoms with Crippen LogP contribution in [0.2, 0.25) is 0 Å². The normalized spacial score (nSPS) is 10.6. The van der Waals surface area contributed by atoms with Crippen LogP contribution in [0.15, 0.2) is 6.20 Å². The van der Waals surface area contributed by atoms with E-state index >= 15 is 0 Å². The van der Waals surface area contributed by atoms with E-state index in [1.165, 1.54) is 0 Å². The Hall–Kier alpha value is -0.910. The first-order chi connectivity index (χ1) is 6.61. The molecule has 0 bridgehead atoms. The Balaban J connectivity index is 3.35. The highest BCUT2D eigenvalue weighted by Gasteiger charge is 2.19. The number of nitrogens with zero attached hydrogens (tertiary/aromatic N) is 1. The molecule has 0 aromatic carbocycles. The predicted molar refractivity (Wildman–Crippen MR) is 47.2 cm³/mol. The van der Waals surface area contributed by atoms with Crippen molar-refractivity contribution in [3.63, 3.8) is 0 Å². The van der Waals surface area contributed by atoms with Crippen LogP contribution in [-0.2, 0) is 5.33 Å². The Kier molecular flexibility index (Phi) is 3.62. The van der Waals surface area contributed by atoms with Crippen LogP contribution in [0.1, 0.15) is 28.0 Å². The van der Waals surface area contributed by atoms with Gasteiger partial charge in [0, 0.05) is 22.7 Å². The first-order valence-corrected chi connectivity index (χ1v) is 4.70. The first-order valence-electron chi connectivity index (χ1n) is 3.58. The summed E-state index contributed by atoms with van der Waals surface area (Å²) in [6.07, 6.45) is -1.80. The zero-order valence-corrected chi connectivity index (χ0v) is 8.39. The number of aldehydes is 1. The van der Waals surface area contributed by atoms with Gasteiger partial charge in [-0.25, -0.2) is 18.2 Å². The number of aromatic nitrogens is 1. The minimum atomic E-state index is -2.80. The molecule has 0 aliphatic rings. The van der Waals surface area contributed by atoms with E-state index in [4.69, 9.17) is 0 Å². The van der Waals surface area contributed by atoms with Gasteiger partial charge in [0.05, 0.1) is 0 Å². The lowest BCUT2D eigenvalue weighted by molar-refractivity contribution is 0.111. The van der Waals surface area contributed by atoms with E-state index in [1.54, 1.807) is 0 Å². The lowest BCUT2D eigenvalue weighted by atomic mass is 10.1. The number of rotatable bonds is 3. The quantitative estimate of drug-likeness (QED) is 0.623. The van der Waals surface area contributed by atoms with E-state index in [1.807, 2.05) is 0 Å². The van der Waals surface area contributed by atoms with Crippen molar-refractivity contribution in [3.05, 3.63) is 28.8 Å². The van der Waals surface area contributed by atoms with Crippen molar-refractivity contribution in [1.29, 1.82) is 0 Å². The number of hydrogen-bond acceptors (Lipinski definition) is 2. The summed E-state index contributed by atoms with van der Waals surface area (Å²) in [5.74, 6) is -0.991.